The van der Waals surface area contributed by atoms with E-state index < -0.39 is 0 Å². The Morgan fingerprint density at radius 3 is 2.62 bits per heavy atom. The number of pyridine rings is 1. The van der Waals surface area contributed by atoms with Gasteiger partial charge < -0.3 is 15.5 Å². The largest absolute Gasteiger partial charge is 0.356 e. The zero-order chi connectivity index (χ0) is 20.0. The molecule has 1 aliphatic heterocycles. The number of nitrogens with zero attached hydrogens (tertiary/aromatic N) is 4. The van der Waals surface area contributed by atoms with E-state index in [0.29, 0.717) is 6.04 Å². The molecular formula is C21H33IN6S. The minimum atomic E-state index is 0. The molecule has 2 aromatic rings. The Hall–Kier alpha value is -1.42. The summed E-state index contributed by atoms with van der Waals surface area (Å²) in [6.45, 7) is 9.48. The van der Waals surface area contributed by atoms with Gasteiger partial charge in [-0.25, -0.2) is 9.97 Å². The molecule has 1 fully saturated rings. The normalized spacial score (nSPS) is 15.7. The van der Waals surface area contributed by atoms with Crippen molar-refractivity contribution in [2.75, 3.05) is 31.6 Å². The summed E-state index contributed by atoms with van der Waals surface area (Å²) >= 11 is 1.75. The molecule has 0 aromatic carbocycles. The second-order valence-electron chi connectivity index (χ2n) is 8.22. The van der Waals surface area contributed by atoms with Gasteiger partial charge in [0.05, 0.1) is 10.7 Å². The lowest BCUT2D eigenvalue weighted by atomic mass is 9.93. The van der Waals surface area contributed by atoms with Gasteiger partial charge >= 0.3 is 0 Å². The molecule has 0 spiro atoms. The smallest absolute Gasteiger partial charge is 0.191 e. The average Bonchev–Trinajstić information content (AvgIpc) is 3.18. The van der Waals surface area contributed by atoms with Crippen molar-refractivity contribution in [2.24, 2.45) is 4.99 Å². The van der Waals surface area contributed by atoms with E-state index in [4.69, 9.17) is 4.98 Å². The molecule has 3 rings (SSSR count). The number of piperidine rings is 1. The summed E-state index contributed by atoms with van der Waals surface area (Å²) in [5.74, 6) is 1.95. The summed E-state index contributed by atoms with van der Waals surface area (Å²) in [5, 5.41) is 10.4. The third-order valence-corrected chi connectivity index (χ3v) is 5.89. The fourth-order valence-electron chi connectivity index (χ4n) is 3.24. The fourth-order valence-corrected chi connectivity index (χ4v) is 4.26. The van der Waals surface area contributed by atoms with Gasteiger partial charge in [0.1, 0.15) is 5.82 Å². The van der Waals surface area contributed by atoms with Crippen molar-refractivity contribution in [3.05, 3.63) is 40.5 Å². The van der Waals surface area contributed by atoms with Crippen molar-refractivity contribution in [3.8, 4) is 0 Å². The zero-order valence-electron chi connectivity index (χ0n) is 17.8. The minimum absolute atomic E-state index is 0. The molecule has 2 aromatic heterocycles. The number of rotatable bonds is 5. The Balaban J connectivity index is 0.00000300. The summed E-state index contributed by atoms with van der Waals surface area (Å²) < 4.78 is 0. The maximum Gasteiger partial charge on any atom is 0.191 e. The first kappa shape index (κ1) is 23.9. The monoisotopic (exact) mass is 528 g/mol. The van der Waals surface area contributed by atoms with E-state index in [1.807, 2.05) is 25.4 Å². The summed E-state index contributed by atoms with van der Waals surface area (Å²) in [6.07, 6.45) is 4.94. The average molecular weight is 529 g/mol. The highest BCUT2D eigenvalue weighted by Crippen LogP contribution is 2.24. The molecule has 6 nitrogen and oxygen atoms in total. The Morgan fingerprint density at radius 1 is 1.28 bits per heavy atom. The number of nitrogens with one attached hydrogen (secondary N) is 2. The highest BCUT2D eigenvalue weighted by Gasteiger charge is 2.21. The topological polar surface area (TPSA) is 65.4 Å². The maximum absolute atomic E-state index is 4.76. The molecule has 0 saturated carbocycles. The number of aliphatic imine (C=N–C) groups is 1. The van der Waals surface area contributed by atoms with E-state index in [2.05, 4.69) is 57.7 Å². The van der Waals surface area contributed by atoms with E-state index in [0.717, 1.165) is 50.7 Å². The highest BCUT2D eigenvalue weighted by molar-refractivity contribution is 14.0. The number of halogens is 1. The first-order chi connectivity index (χ1) is 13.5. The van der Waals surface area contributed by atoms with Crippen molar-refractivity contribution >= 4 is 47.1 Å². The first-order valence-electron chi connectivity index (χ1n) is 10.0. The quantitative estimate of drug-likeness (QED) is 0.351. The summed E-state index contributed by atoms with van der Waals surface area (Å²) in [6, 6.07) is 6.53. The van der Waals surface area contributed by atoms with Gasteiger partial charge in [0, 0.05) is 56.1 Å². The predicted octanol–water partition coefficient (Wildman–Crippen LogP) is 3.83. The maximum atomic E-state index is 4.76. The van der Waals surface area contributed by atoms with Crippen LogP contribution in [0.25, 0.3) is 0 Å². The molecule has 2 N–H and O–H groups in total. The fraction of sp³-hybridized carbons (Fsp3) is 0.571. The van der Waals surface area contributed by atoms with Crippen LogP contribution >= 0.6 is 35.3 Å². The lowest BCUT2D eigenvalue weighted by molar-refractivity contribution is 0.459. The predicted molar refractivity (Wildman–Crippen MR) is 134 cm³/mol. The molecular weight excluding hydrogens is 495 g/mol. The van der Waals surface area contributed by atoms with Gasteiger partial charge in [-0.2, -0.15) is 0 Å². The first-order valence-corrected chi connectivity index (χ1v) is 10.9. The van der Waals surface area contributed by atoms with Crippen LogP contribution < -0.4 is 15.5 Å². The van der Waals surface area contributed by atoms with Crippen molar-refractivity contribution in [1.82, 2.24) is 20.6 Å². The van der Waals surface area contributed by atoms with Crippen LogP contribution in [0, 0.1) is 0 Å². The van der Waals surface area contributed by atoms with Crippen LogP contribution in [0.4, 0.5) is 5.82 Å². The van der Waals surface area contributed by atoms with E-state index in [-0.39, 0.29) is 29.4 Å². The van der Waals surface area contributed by atoms with E-state index >= 15 is 0 Å². The molecule has 3 heterocycles. The van der Waals surface area contributed by atoms with Gasteiger partial charge in [-0.15, -0.1) is 35.3 Å². The number of thiazole rings is 1. The van der Waals surface area contributed by atoms with Crippen molar-refractivity contribution in [1.29, 1.82) is 0 Å². The van der Waals surface area contributed by atoms with Gasteiger partial charge in [0.2, 0.25) is 0 Å². The Labute approximate surface area is 195 Å². The molecule has 29 heavy (non-hydrogen) atoms. The molecule has 0 bridgehead atoms. The number of aromatic nitrogens is 2. The molecule has 0 unspecified atom stereocenters. The van der Waals surface area contributed by atoms with Gasteiger partial charge in [0.25, 0.3) is 0 Å². The van der Waals surface area contributed by atoms with Crippen LogP contribution in [0.3, 0.4) is 0 Å². The SMILES string of the molecule is CN=C(NCCc1nc(C(C)(C)C)cs1)NC1CCN(c2ccccn2)CC1.I. The Kier molecular flexibility index (Phi) is 9.13. The third-order valence-electron chi connectivity index (χ3n) is 4.98. The second kappa shape index (κ2) is 11.1. The van der Waals surface area contributed by atoms with Crippen LogP contribution in [0.2, 0.25) is 0 Å². The lowest BCUT2D eigenvalue weighted by Gasteiger charge is -2.33. The van der Waals surface area contributed by atoms with Crippen molar-refractivity contribution in [2.45, 2.75) is 51.5 Å². The van der Waals surface area contributed by atoms with E-state index in [1.54, 1.807) is 11.3 Å². The molecule has 1 saturated heterocycles. The number of hydrogen-bond donors (Lipinski definition) is 2. The van der Waals surface area contributed by atoms with E-state index in [1.165, 1.54) is 10.7 Å². The Morgan fingerprint density at radius 2 is 2.03 bits per heavy atom. The standard InChI is InChI=1S/C21H32N6S.HI/c1-21(2,3)17-15-28-19(26-17)8-12-24-20(22-4)25-16-9-13-27(14-10-16)18-7-5-6-11-23-18;/h5-7,11,15-16H,8-10,12-14H2,1-4H3,(H2,22,24,25);1H. The molecule has 1 aliphatic rings. The van der Waals surface area contributed by atoms with Crippen LogP contribution in [-0.4, -0.2) is 48.7 Å². The van der Waals surface area contributed by atoms with Crippen molar-refractivity contribution in [3.63, 3.8) is 0 Å². The highest BCUT2D eigenvalue weighted by atomic mass is 127. The zero-order valence-corrected chi connectivity index (χ0v) is 21.0. The Bertz CT molecular complexity index is 763. The van der Waals surface area contributed by atoms with Gasteiger partial charge in [-0.05, 0) is 25.0 Å². The molecule has 0 aliphatic carbocycles. The van der Waals surface area contributed by atoms with Crippen LogP contribution in [0.5, 0.6) is 0 Å². The van der Waals surface area contributed by atoms with Crippen LogP contribution in [0.15, 0.2) is 34.8 Å². The summed E-state index contributed by atoms with van der Waals surface area (Å²) in [5.41, 5.74) is 1.29. The van der Waals surface area contributed by atoms with Gasteiger partial charge in [-0.1, -0.05) is 26.8 Å². The lowest BCUT2D eigenvalue weighted by Crippen LogP contribution is -2.49. The molecule has 8 heteroatoms. The third kappa shape index (κ3) is 7.09. The summed E-state index contributed by atoms with van der Waals surface area (Å²) in [7, 11) is 1.83. The number of anilines is 1. The van der Waals surface area contributed by atoms with Crippen molar-refractivity contribution < 1.29 is 0 Å². The molecule has 0 radical (unpaired) electrons. The molecule has 160 valence electrons. The second-order valence-corrected chi connectivity index (χ2v) is 9.16. The van der Waals surface area contributed by atoms with Crippen LogP contribution in [0.1, 0.15) is 44.3 Å². The van der Waals surface area contributed by atoms with E-state index in [9.17, 15) is 0 Å². The molecule has 0 atom stereocenters. The number of guanidine groups is 1. The van der Waals surface area contributed by atoms with Crippen LogP contribution in [-0.2, 0) is 11.8 Å². The molecule has 0 amide bonds. The number of hydrogen-bond acceptors (Lipinski definition) is 5. The minimum Gasteiger partial charge on any atom is -0.356 e. The van der Waals surface area contributed by atoms with Gasteiger partial charge in [0.15, 0.2) is 5.96 Å². The summed E-state index contributed by atoms with van der Waals surface area (Å²) in [4.78, 5) is 16.0. The van der Waals surface area contributed by atoms with Gasteiger partial charge in [-0.3, -0.25) is 4.99 Å².